The van der Waals surface area contributed by atoms with Crippen LogP contribution in [0.4, 0.5) is 11.6 Å². The van der Waals surface area contributed by atoms with Gasteiger partial charge in [-0.1, -0.05) is 30.3 Å². The van der Waals surface area contributed by atoms with Crippen LogP contribution in [-0.4, -0.2) is 20.2 Å². The summed E-state index contributed by atoms with van der Waals surface area (Å²) in [5.74, 6) is 2.81. The Kier molecular flexibility index (Phi) is 3.97. The summed E-state index contributed by atoms with van der Waals surface area (Å²) in [4.78, 5) is 9.07. The molecule has 1 aliphatic rings. The summed E-state index contributed by atoms with van der Waals surface area (Å²) in [5, 5.41) is 13.0. The fraction of sp³-hybridized carbons (Fsp3) is 0.227. The van der Waals surface area contributed by atoms with Crippen molar-refractivity contribution in [2.75, 3.05) is 5.32 Å². The van der Waals surface area contributed by atoms with Crippen LogP contribution in [0, 0.1) is 13.8 Å². The maximum atomic E-state index is 5.96. The SMILES string of the molecule is Cc1nc(Oc2ccc3ccccc3c2)nc(Nc2cc(C3CC3)[nH]n2)c1C. The van der Waals surface area contributed by atoms with Gasteiger partial charge >= 0.3 is 6.01 Å². The van der Waals surface area contributed by atoms with Crippen molar-refractivity contribution in [2.24, 2.45) is 0 Å². The Bertz CT molecular complexity index is 1160. The molecule has 4 aromatic rings. The third-order valence-corrected chi connectivity index (χ3v) is 5.16. The molecule has 0 bridgehead atoms. The molecule has 0 atom stereocenters. The van der Waals surface area contributed by atoms with Gasteiger partial charge in [-0.05, 0) is 49.6 Å². The molecule has 2 aromatic carbocycles. The van der Waals surface area contributed by atoms with E-state index in [1.807, 2.05) is 44.2 Å². The number of hydrogen-bond acceptors (Lipinski definition) is 5. The van der Waals surface area contributed by atoms with E-state index in [1.54, 1.807) is 0 Å². The Morgan fingerprint density at radius 3 is 2.64 bits per heavy atom. The number of benzene rings is 2. The van der Waals surface area contributed by atoms with Gasteiger partial charge in [-0.2, -0.15) is 15.1 Å². The lowest BCUT2D eigenvalue weighted by molar-refractivity contribution is 0.441. The molecule has 2 aromatic heterocycles. The number of aromatic amines is 1. The molecule has 1 saturated carbocycles. The minimum Gasteiger partial charge on any atom is -0.424 e. The predicted octanol–water partition coefficient (Wildman–Crippen LogP) is 5.38. The summed E-state index contributed by atoms with van der Waals surface area (Å²) in [6.45, 7) is 3.95. The van der Waals surface area contributed by atoms with Crippen LogP contribution in [0.15, 0.2) is 48.5 Å². The lowest BCUT2D eigenvalue weighted by Crippen LogP contribution is -2.03. The van der Waals surface area contributed by atoms with Gasteiger partial charge in [-0.25, -0.2) is 0 Å². The zero-order valence-corrected chi connectivity index (χ0v) is 15.9. The van der Waals surface area contributed by atoms with E-state index < -0.39 is 0 Å². The zero-order valence-electron chi connectivity index (χ0n) is 15.9. The Morgan fingerprint density at radius 1 is 1.00 bits per heavy atom. The van der Waals surface area contributed by atoms with Gasteiger partial charge in [0, 0.05) is 28.9 Å². The summed E-state index contributed by atoms with van der Waals surface area (Å²) in [6.07, 6.45) is 2.47. The van der Waals surface area contributed by atoms with Gasteiger partial charge in [0.1, 0.15) is 11.6 Å². The monoisotopic (exact) mass is 371 g/mol. The van der Waals surface area contributed by atoms with Crippen molar-refractivity contribution in [3.63, 3.8) is 0 Å². The minimum atomic E-state index is 0.318. The average molecular weight is 371 g/mol. The summed E-state index contributed by atoms with van der Waals surface area (Å²) < 4.78 is 5.96. The van der Waals surface area contributed by atoms with Gasteiger partial charge < -0.3 is 10.1 Å². The molecule has 140 valence electrons. The first-order chi connectivity index (χ1) is 13.7. The van der Waals surface area contributed by atoms with E-state index in [4.69, 9.17) is 4.74 Å². The topological polar surface area (TPSA) is 75.7 Å². The second-order valence-electron chi connectivity index (χ2n) is 7.28. The lowest BCUT2D eigenvalue weighted by Gasteiger charge is -2.11. The first-order valence-electron chi connectivity index (χ1n) is 9.50. The molecule has 28 heavy (non-hydrogen) atoms. The normalized spacial score (nSPS) is 13.6. The van der Waals surface area contributed by atoms with Crippen LogP contribution >= 0.6 is 0 Å². The van der Waals surface area contributed by atoms with E-state index in [2.05, 4.69) is 43.7 Å². The van der Waals surface area contributed by atoms with Crippen molar-refractivity contribution in [2.45, 2.75) is 32.6 Å². The first kappa shape index (κ1) is 16.7. The summed E-state index contributed by atoms with van der Waals surface area (Å²) in [7, 11) is 0. The molecule has 0 radical (unpaired) electrons. The number of fused-ring (bicyclic) bond motifs is 1. The highest BCUT2D eigenvalue weighted by molar-refractivity contribution is 5.83. The van der Waals surface area contributed by atoms with Crippen molar-refractivity contribution in [3.8, 4) is 11.8 Å². The Labute approximate surface area is 163 Å². The molecule has 2 heterocycles. The molecule has 0 unspecified atom stereocenters. The first-order valence-corrected chi connectivity index (χ1v) is 9.50. The highest BCUT2D eigenvalue weighted by Gasteiger charge is 2.25. The number of aryl methyl sites for hydroxylation is 1. The molecule has 1 aliphatic carbocycles. The number of rotatable bonds is 5. The van der Waals surface area contributed by atoms with Crippen LogP contribution in [-0.2, 0) is 0 Å². The molecule has 0 aliphatic heterocycles. The largest absolute Gasteiger partial charge is 0.424 e. The van der Waals surface area contributed by atoms with Crippen molar-refractivity contribution in [3.05, 3.63) is 65.5 Å². The van der Waals surface area contributed by atoms with Crippen LogP contribution in [0.5, 0.6) is 11.8 Å². The van der Waals surface area contributed by atoms with Crippen LogP contribution in [0.25, 0.3) is 10.8 Å². The smallest absolute Gasteiger partial charge is 0.324 e. The quantitative estimate of drug-likeness (QED) is 0.492. The van der Waals surface area contributed by atoms with Crippen molar-refractivity contribution >= 4 is 22.4 Å². The Balaban J connectivity index is 1.42. The predicted molar refractivity (Wildman–Crippen MR) is 109 cm³/mol. The van der Waals surface area contributed by atoms with Crippen LogP contribution in [0.1, 0.15) is 35.7 Å². The van der Waals surface area contributed by atoms with E-state index in [-0.39, 0.29) is 0 Å². The number of aromatic nitrogens is 4. The standard InChI is InChI=1S/C22H21N5O/c1-13-14(2)23-22(28-18-10-9-15-5-3-4-6-17(15)11-18)25-21(13)24-20-12-19(26-27-20)16-7-8-16/h3-6,9-12,16H,7-8H2,1-2H3,(H2,23,24,25,26,27). The fourth-order valence-corrected chi connectivity index (χ4v) is 3.23. The highest BCUT2D eigenvalue weighted by atomic mass is 16.5. The Hall–Kier alpha value is -3.41. The highest BCUT2D eigenvalue weighted by Crippen LogP contribution is 2.39. The number of hydrogen-bond donors (Lipinski definition) is 2. The summed E-state index contributed by atoms with van der Waals surface area (Å²) >= 11 is 0. The molecule has 6 nitrogen and oxygen atoms in total. The van der Waals surface area contributed by atoms with Gasteiger partial charge in [-0.15, -0.1) is 0 Å². The molecule has 0 saturated heterocycles. The number of H-pyrrole nitrogens is 1. The van der Waals surface area contributed by atoms with Gasteiger partial charge in [0.2, 0.25) is 0 Å². The van der Waals surface area contributed by atoms with E-state index in [0.29, 0.717) is 23.5 Å². The average Bonchev–Trinajstić information content (AvgIpc) is 3.45. The molecule has 5 rings (SSSR count). The molecule has 1 fully saturated rings. The minimum absolute atomic E-state index is 0.318. The fourth-order valence-electron chi connectivity index (χ4n) is 3.23. The zero-order chi connectivity index (χ0) is 19.1. The molecule has 2 N–H and O–H groups in total. The summed E-state index contributed by atoms with van der Waals surface area (Å²) in [6, 6.07) is 16.5. The molecular formula is C22H21N5O. The Morgan fingerprint density at radius 2 is 1.82 bits per heavy atom. The van der Waals surface area contributed by atoms with Crippen molar-refractivity contribution < 1.29 is 4.74 Å². The van der Waals surface area contributed by atoms with Crippen molar-refractivity contribution in [1.29, 1.82) is 0 Å². The molecule has 0 amide bonds. The van der Waals surface area contributed by atoms with Gasteiger partial charge in [0.15, 0.2) is 5.82 Å². The summed E-state index contributed by atoms with van der Waals surface area (Å²) in [5.41, 5.74) is 3.02. The van der Waals surface area contributed by atoms with Crippen LogP contribution in [0.2, 0.25) is 0 Å². The van der Waals surface area contributed by atoms with E-state index in [0.717, 1.165) is 22.5 Å². The number of anilines is 2. The number of ether oxygens (including phenoxy) is 1. The maximum Gasteiger partial charge on any atom is 0.324 e. The second kappa shape index (κ2) is 6.64. The number of nitrogens with zero attached hydrogens (tertiary/aromatic N) is 3. The van der Waals surface area contributed by atoms with E-state index >= 15 is 0 Å². The second-order valence-corrected chi connectivity index (χ2v) is 7.28. The lowest BCUT2D eigenvalue weighted by atomic mass is 10.1. The molecular weight excluding hydrogens is 350 g/mol. The number of nitrogens with one attached hydrogen (secondary N) is 2. The van der Waals surface area contributed by atoms with Crippen LogP contribution in [0.3, 0.4) is 0 Å². The van der Waals surface area contributed by atoms with Crippen LogP contribution < -0.4 is 10.1 Å². The van der Waals surface area contributed by atoms with Gasteiger partial charge in [-0.3, -0.25) is 5.10 Å². The molecule has 6 heteroatoms. The molecule has 0 spiro atoms. The maximum absolute atomic E-state index is 5.96. The van der Waals surface area contributed by atoms with Gasteiger partial charge in [0.05, 0.1) is 0 Å². The van der Waals surface area contributed by atoms with Crippen molar-refractivity contribution in [1.82, 2.24) is 20.2 Å². The third kappa shape index (κ3) is 3.29. The van der Waals surface area contributed by atoms with E-state index in [9.17, 15) is 0 Å². The van der Waals surface area contributed by atoms with Gasteiger partial charge in [0.25, 0.3) is 0 Å². The van der Waals surface area contributed by atoms with E-state index in [1.165, 1.54) is 23.9 Å². The third-order valence-electron chi connectivity index (χ3n) is 5.16.